The van der Waals surface area contributed by atoms with Crippen molar-refractivity contribution in [2.75, 3.05) is 18.0 Å². The van der Waals surface area contributed by atoms with Gasteiger partial charge in [0.25, 0.3) is 0 Å². The summed E-state index contributed by atoms with van der Waals surface area (Å²) in [6, 6.07) is 3.22. The molecule has 150 valence electrons. The number of benzene rings is 1. The SMILES string of the molecule is N#Cc1c(N2CCC(C3(N)CC3)C2)c(F)cc2c(=O)c(C(=O)O)cn(C3CC3)c12. The second-order valence-electron chi connectivity index (χ2n) is 8.57. The van der Waals surface area contributed by atoms with Crippen LogP contribution in [0.25, 0.3) is 10.9 Å². The number of anilines is 1. The van der Waals surface area contributed by atoms with Crippen LogP contribution in [0.1, 0.15) is 54.1 Å². The third kappa shape index (κ3) is 2.72. The van der Waals surface area contributed by atoms with Crippen LogP contribution in [-0.4, -0.2) is 34.3 Å². The van der Waals surface area contributed by atoms with Crippen LogP contribution in [0.2, 0.25) is 0 Å². The largest absolute Gasteiger partial charge is 0.477 e. The third-order valence-corrected chi connectivity index (χ3v) is 6.67. The Balaban J connectivity index is 1.72. The van der Waals surface area contributed by atoms with Crippen molar-refractivity contribution in [3.63, 3.8) is 0 Å². The van der Waals surface area contributed by atoms with Gasteiger partial charge in [0.15, 0.2) is 0 Å². The lowest BCUT2D eigenvalue weighted by atomic mass is 9.97. The van der Waals surface area contributed by atoms with Crippen molar-refractivity contribution in [3.05, 3.63) is 39.4 Å². The fraction of sp³-hybridized carbons (Fsp3) is 0.476. The fourth-order valence-electron chi connectivity index (χ4n) is 4.67. The molecule has 3 aliphatic rings. The zero-order chi connectivity index (χ0) is 20.5. The van der Waals surface area contributed by atoms with Gasteiger partial charge in [0.2, 0.25) is 5.43 Å². The van der Waals surface area contributed by atoms with Crippen molar-refractivity contribution in [1.82, 2.24) is 4.57 Å². The highest BCUT2D eigenvalue weighted by Gasteiger charge is 2.48. The molecular formula is C21H21FN4O3. The van der Waals surface area contributed by atoms with E-state index in [1.807, 2.05) is 4.90 Å². The lowest BCUT2D eigenvalue weighted by molar-refractivity contribution is 0.0695. The molecular weight excluding hydrogens is 375 g/mol. The average molecular weight is 396 g/mol. The molecule has 1 aromatic carbocycles. The van der Waals surface area contributed by atoms with E-state index < -0.39 is 22.8 Å². The lowest BCUT2D eigenvalue weighted by Crippen LogP contribution is -2.35. The van der Waals surface area contributed by atoms with Crippen LogP contribution >= 0.6 is 0 Å². The van der Waals surface area contributed by atoms with Gasteiger partial charge >= 0.3 is 5.97 Å². The average Bonchev–Trinajstić information content (AvgIpc) is 3.61. The monoisotopic (exact) mass is 396 g/mol. The summed E-state index contributed by atoms with van der Waals surface area (Å²) in [5, 5.41) is 19.3. The molecule has 7 nitrogen and oxygen atoms in total. The normalized spacial score (nSPS) is 22.7. The first-order chi connectivity index (χ1) is 13.8. The third-order valence-electron chi connectivity index (χ3n) is 6.67. The van der Waals surface area contributed by atoms with Gasteiger partial charge in [-0.25, -0.2) is 9.18 Å². The Kier molecular flexibility index (Phi) is 3.77. The highest BCUT2D eigenvalue weighted by atomic mass is 19.1. The number of carbonyl (C=O) groups is 1. The maximum atomic E-state index is 15.2. The van der Waals surface area contributed by atoms with Crippen LogP contribution in [0, 0.1) is 23.1 Å². The Labute approximate surface area is 166 Å². The van der Waals surface area contributed by atoms with Gasteiger partial charge in [-0.1, -0.05) is 0 Å². The van der Waals surface area contributed by atoms with Gasteiger partial charge in [-0.3, -0.25) is 4.79 Å². The summed E-state index contributed by atoms with van der Waals surface area (Å²) in [6.07, 6.45) is 5.74. The van der Waals surface area contributed by atoms with Gasteiger partial charge in [0.1, 0.15) is 23.0 Å². The second-order valence-corrected chi connectivity index (χ2v) is 8.57. The number of hydrogen-bond acceptors (Lipinski definition) is 5. The van der Waals surface area contributed by atoms with Gasteiger partial charge in [0, 0.05) is 30.9 Å². The van der Waals surface area contributed by atoms with E-state index in [9.17, 15) is 20.0 Å². The Morgan fingerprint density at radius 3 is 2.66 bits per heavy atom. The number of nitrogens with two attached hydrogens (primary N) is 1. The molecule has 1 unspecified atom stereocenters. The van der Waals surface area contributed by atoms with Crippen molar-refractivity contribution in [1.29, 1.82) is 5.26 Å². The number of carboxylic acids is 1. The molecule has 1 aliphatic heterocycles. The number of halogens is 1. The maximum absolute atomic E-state index is 15.2. The van der Waals surface area contributed by atoms with Crippen molar-refractivity contribution in [2.24, 2.45) is 11.7 Å². The van der Waals surface area contributed by atoms with E-state index in [0.29, 0.717) is 18.6 Å². The maximum Gasteiger partial charge on any atom is 0.341 e. The molecule has 29 heavy (non-hydrogen) atoms. The summed E-state index contributed by atoms with van der Waals surface area (Å²) in [4.78, 5) is 26.1. The zero-order valence-corrected chi connectivity index (χ0v) is 15.8. The van der Waals surface area contributed by atoms with Crippen LogP contribution in [0.4, 0.5) is 10.1 Å². The first kappa shape index (κ1) is 18.1. The van der Waals surface area contributed by atoms with E-state index in [1.54, 1.807) is 4.57 Å². The van der Waals surface area contributed by atoms with Gasteiger partial charge < -0.3 is 20.3 Å². The van der Waals surface area contributed by atoms with Gasteiger partial charge in [-0.2, -0.15) is 5.26 Å². The minimum absolute atomic E-state index is 0.0201. The topological polar surface area (TPSA) is 112 Å². The van der Waals surface area contributed by atoms with E-state index in [0.717, 1.165) is 38.2 Å². The Morgan fingerprint density at radius 1 is 1.34 bits per heavy atom. The number of aromatic carboxylic acids is 1. The molecule has 0 spiro atoms. The first-order valence-electron chi connectivity index (χ1n) is 9.92. The molecule has 2 heterocycles. The minimum atomic E-state index is -1.35. The summed E-state index contributed by atoms with van der Waals surface area (Å²) in [7, 11) is 0. The van der Waals surface area contributed by atoms with Gasteiger partial charge in [0.05, 0.1) is 16.6 Å². The summed E-state index contributed by atoms with van der Waals surface area (Å²) < 4.78 is 16.9. The van der Waals surface area contributed by atoms with E-state index >= 15 is 4.39 Å². The van der Waals surface area contributed by atoms with Crippen molar-refractivity contribution in [2.45, 2.75) is 43.7 Å². The van der Waals surface area contributed by atoms with Crippen LogP contribution in [0.3, 0.4) is 0 Å². The zero-order valence-electron chi connectivity index (χ0n) is 15.8. The number of carboxylic acid groups (broad SMARTS) is 1. The minimum Gasteiger partial charge on any atom is -0.477 e. The molecule has 1 saturated heterocycles. The molecule has 1 atom stereocenters. The van der Waals surface area contributed by atoms with Gasteiger partial charge in [-0.05, 0) is 44.1 Å². The van der Waals surface area contributed by atoms with Crippen molar-refractivity contribution < 1.29 is 14.3 Å². The predicted octanol–water partition coefficient (Wildman–Crippen LogP) is 2.36. The quantitative estimate of drug-likeness (QED) is 0.820. The summed E-state index contributed by atoms with van der Waals surface area (Å²) in [6.45, 7) is 1.18. The smallest absolute Gasteiger partial charge is 0.341 e. The molecule has 2 aliphatic carbocycles. The second kappa shape index (κ2) is 6.04. The van der Waals surface area contributed by atoms with E-state index in [-0.39, 0.29) is 34.1 Å². The van der Waals surface area contributed by atoms with Crippen LogP contribution in [0.5, 0.6) is 0 Å². The Morgan fingerprint density at radius 2 is 2.07 bits per heavy atom. The Hall–Kier alpha value is -2.92. The molecule has 3 fully saturated rings. The number of fused-ring (bicyclic) bond motifs is 1. The van der Waals surface area contributed by atoms with Crippen LogP contribution in [0.15, 0.2) is 17.1 Å². The Bertz CT molecular complexity index is 1160. The van der Waals surface area contributed by atoms with Crippen molar-refractivity contribution in [3.8, 4) is 6.07 Å². The fourth-order valence-corrected chi connectivity index (χ4v) is 4.67. The number of aromatic nitrogens is 1. The van der Waals surface area contributed by atoms with E-state index in [1.165, 1.54) is 6.20 Å². The summed E-state index contributed by atoms with van der Waals surface area (Å²) >= 11 is 0. The number of nitrogens with zero attached hydrogens (tertiary/aromatic N) is 3. The number of rotatable bonds is 4. The van der Waals surface area contributed by atoms with Crippen LogP contribution in [-0.2, 0) is 0 Å². The summed E-state index contributed by atoms with van der Waals surface area (Å²) in [5.74, 6) is -1.77. The molecule has 5 rings (SSSR count). The van der Waals surface area contributed by atoms with E-state index in [2.05, 4.69) is 6.07 Å². The molecule has 1 aromatic heterocycles. The lowest BCUT2D eigenvalue weighted by Gasteiger charge is -2.24. The highest BCUT2D eigenvalue weighted by molar-refractivity contribution is 5.96. The predicted molar refractivity (Wildman–Crippen MR) is 105 cm³/mol. The van der Waals surface area contributed by atoms with E-state index in [4.69, 9.17) is 5.73 Å². The molecule has 2 saturated carbocycles. The molecule has 0 amide bonds. The summed E-state index contributed by atoms with van der Waals surface area (Å²) in [5.41, 5.74) is 5.63. The number of hydrogen-bond donors (Lipinski definition) is 2. The molecule has 3 N–H and O–H groups in total. The number of pyridine rings is 1. The molecule has 8 heteroatoms. The van der Waals surface area contributed by atoms with Crippen molar-refractivity contribution >= 4 is 22.6 Å². The number of nitriles is 1. The molecule has 0 bridgehead atoms. The first-order valence-corrected chi connectivity index (χ1v) is 9.92. The molecule has 2 aromatic rings. The highest BCUT2D eigenvalue weighted by Crippen LogP contribution is 2.46. The van der Waals surface area contributed by atoms with Gasteiger partial charge in [-0.15, -0.1) is 0 Å². The van der Waals surface area contributed by atoms with Crippen LogP contribution < -0.4 is 16.1 Å². The molecule has 0 radical (unpaired) electrons. The standard InChI is InChI=1S/C21H21FN4O3/c22-16-7-13-17(26(12-1-2-12)10-15(19(13)27)20(28)29)14(8-23)18(16)25-6-3-11(9-25)21(24)4-5-21/h7,10-12H,1-6,9,24H2,(H,28,29).